The number of likely N-dealkylation sites (tertiary alicyclic amines) is 1. The smallest absolute Gasteiger partial charge is 0.380 e. The Labute approximate surface area is 135 Å². The number of hydrogen-bond acceptors (Lipinski definition) is 4. The second kappa shape index (κ2) is 5.90. The van der Waals surface area contributed by atoms with Crippen LogP contribution in [0.25, 0.3) is 5.69 Å². The zero-order chi connectivity index (χ0) is 17.4. The van der Waals surface area contributed by atoms with E-state index in [-0.39, 0.29) is 18.8 Å². The standard InChI is InChI=1S/C15H15F3N4O2/c16-15(17,18)14(24)6-8-21(9-7-14)13(23)12-10-19-22(20-12)11-4-2-1-3-5-11/h1-5,10,24H,6-9H2. The molecule has 0 spiro atoms. The van der Waals surface area contributed by atoms with Crippen LogP contribution in [0.1, 0.15) is 23.3 Å². The zero-order valence-electron chi connectivity index (χ0n) is 12.6. The number of carbonyl (C=O) groups is 1. The van der Waals surface area contributed by atoms with Crippen LogP contribution >= 0.6 is 0 Å². The average Bonchev–Trinajstić information content (AvgIpc) is 3.05. The molecule has 9 heteroatoms. The Morgan fingerprint density at radius 3 is 2.38 bits per heavy atom. The van der Waals surface area contributed by atoms with Crippen LogP contribution in [0.4, 0.5) is 13.2 Å². The van der Waals surface area contributed by atoms with Crippen LogP contribution in [0.5, 0.6) is 0 Å². The molecule has 128 valence electrons. The highest BCUT2D eigenvalue weighted by Gasteiger charge is 2.55. The maximum absolute atomic E-state index is 12.8. The fourth-order valence-corrected chi connectivity index (χ4v) is 2.57. The lowest BCUT2D eigenvalue weighted by atomic mass is 9.90. The number of piperidine rings is 1. The molecule has 6 nitrogen and oxygen atoms in total. The third-order valence-electron chi connectivity index (χ3n) is 4.10. The number of para-hydroxylation sites is 1. The molecule has 1 amide bonds. The molecule has 24 heavy (non-hydrogen) atoms. The fourth-order valence-electron chi connectivity index (χ4n) is 2.57. The van der Waals surface area contributed by atoms with Crippen molar-refractivity contribution < 1.29 is 23.1 Å². The summed E-state index contributed by atoms with van der Waals surface area (Å²) in [4.78, 5) is 14.9. The van der Waals surface area contributed by atoms with Crippen LogP contribution in [0.15, 0.2) is 36.5 Å². The van der Waals surface area contributed by atoms with E-state index in [9.17, 15) is 23.1 Å². The Balaban J connectivity index is 1.70. The molecule has 1 N–H and O–H groups in total. The summed E-state index contributed by atoms with van der Waals surface area (Å²) in [5.41, 5.74) is -2.01. The van der Waals surface area contributed by atoms with Gasteiger partial charge in [-0.25, -0.2) is 0 Å². The molecule has 0 saturated carbocycles. The normalized spacial score (nSPS) is 17.8. The highest BCUT2D eigenvalue weighted by Crippen LogP contribution is 2.38. The Hall–Kier alpha value is -2.42. The molecule has 3 rings (SSSR count). The van der Waals surface area contributed by atoms with Gasteiger partial charge in [0, 0.05) is 25.9 Å². The molecule has 1 fully saturated rings. The van der Waals surface area contributed by atoms with Gasteiger partial charge < -0.3 is 10.0 Å². The molecule has 1 aliphatic heterocycles. The largest absolute Gasteiger partial charge is 0.417 e. The van der Waals surface area contributed by atoms with Crippen molar-refractivity contribution in [1.82, 2.24) is 19.9 Å². The Bertz CT molecular complexity index is 722. The molecule has 2 heterocycles. The number of hydrogen-bond donors (Lipinski definition) is 1. The van der Waals surface area contributed by atoms with Gasteiger partial charge in [-0.05, 0) is 12.1 Å². The minimum atomic E-state index is -4.70. The first-order chi connectivity index (χ1) is 11.3. The number of alkyl halides is 3. The maximum atomic E-state index is 12.8. The molecule has 2 aromatic rings. The number of rotatable bonds is 2. The lowest BCUT2D eigenvalue weighted by molar-refractivity contribution is -0.271. The van der Waals surface area contributed by atoms with E-state index in [1.807, 2.05) is 6.07 Å². The van der Waals surface area contributed by atoms with Crippen molar-refractivity contribution in [2.24, 2.45) is 0 Å². The topological polar surface area (TPSA) is 71.2 Å². The summed E-state index contributed by atoms with van der Waals surface area (Å²) in [5.74, 6) is -0.499. The van der Waals surface area contributed by atoms with Gasteiger partial charge in [-0.3, -0.25) is 4.79 Å². The van der Waals surface area contributed by atoms with Gasteiger partial charge in [0.2, 0.25) is 0 Å². The molecule has 0 bridgehead atoms. The first kappa shape index (κ1) is 16.4. The number of halogens is 3. The van der Waals surface area contributed by atoms with Crippen LogP contribution < -0.4 is 0 Å². The summed E-state index contributed by atoms with van der Waals surface area (Å²) in [5, 5.41) is 17.7. The minimum Gasteiger partial charge on any atom is -0.380 e. The minimum absolute atomic E-state index is 0.0521. The molecular weight excluding hydrogens is 325 g/mol. The van der Waals surface area contributed by atoms with E-state index in [1.165, 1.54) is 15.9 Å². The predicted molar refractivity (Wildman–Crippen MR) is 77.5 cm³/mol. The zero-order valence-corrected chi connectivity index (χ0v) is 12.6. The van der Waals surface area contributed by atoms with Gasteiger partial charge in [-0.15, -0.1) is 5.10 Å². The Morgan fingerprint density at radius 1 is 1.17 bits per heavy atom. The van der Waals surface area contributed by atoms with Gasteiger partial charge in [-0.1, -0.05) is 18.2 Å². The van der Waals surface area contributed by atoms with Crippen LogP contribution in [0.3, 0.4) is 0 Å². The van der Waals surface area contributed by atoms with Gasteiger partial charge in [0.05, 0.1) is 11.9 Å². The van der Waals surface area contributed by atoms with E-state index >= 15 is 0 Å². The van der Waals surface area contributed by atoms with E-state index in [0.29, 0.717) is 5.69 Å². The molecule has 0 unspecified atom stereocenters. The van der Waals surface area contributed by atoms with Crippen LogP contribution in [0, 0.1) is 0 Å². The highest BCUT2D eigenvalue weighted by atomic mass is 19.4. The summed E-state index contributed by atoms with van der Waals surface area (Å²) in [6, 6.07) is 8.94. The van der Waals surface area contributed by atoms with Crippen molar-refractivity contribution in [3.05, 3.63) is 42.2 Å². The van der Waals surface area contributed by atoms with Crippen molar-refractivity contribution in [3.8, 4) is 5.69 Å². The van der Waals surface area contributed by atoms with E-state index < -0.39 is 30.5 Å². The molecule has 1 saturated heterocycles. The lowest BCUT2D eigenvalue weighted by Crippen LogP contribution is -2.54. The van der Waals surface area contributed by atoms with Gasteiger partial charge in [-0.2, -0.15) is 23.1 Å². The molecular formula is C15H15F3N4O2. The van der Waals surface area contributed by atoms with Crippen molar-refractivity contribution in [2.75, 3.05) is 13.1 Å². The van der Waals surface area contributed by atoms with Crippen LogP contribution in [0.2, 0.25) is 0 Å². The van der Waals surface area contributed by atoms with E-state index in [0.717, 1.165) is 0 Å². The fraction of sp³-hybridized carbons (Fsp3) is 0.400. The van der Waals surface area contributed by atoms with Gasteiger partial charge >= 0.3 is 6.18 Å². The number of carbonyl (C=O) groups excluding carboxylic acids is 1. The predicted octanol–water partition coefficient (Wildman–Crippen LogP) is 1.80. The lowest BCUT2D eigenvalue weighted by Gasteiger charge is -2.38. The van der Waals surface area contributed by atoms with Crippen molar-refractivity contribution >= 4 is 5.91 Å². The molecule has 0 radical (unpaired) electrons. The highest BCUT2D eigenvalue weighted by molar-refractivity contribution is 5.92. The van der Waals surface area contributed by atoms with Crippen LogP contribution in [-0.4, -0.2) is 55.8 Å². The van der Waals surface area contributed by atoms with E-state index in [2.05, 4.69) is 10.2 Å². The maximum Gasteiger partial charge on any atom is 0.417 e. The Kier molecular flexibility index (Phi) is 4.04. The summed E-state index contributed by atoms with van der Waals surface area (Å²) >= 11 is 0. The number of nitrogens with zero attached hydrogens (tertiary/aromatic N) is 4. The summed E-state index contributed by atoms with van der Waals surface area (Å²) < 4.78 is 38.4. The molecule has 1 aromatic carbocycles. The monoisotopic (exact) mass is 340 g/mol. The summed E-state index contributed by atoms with van der Waals surface area (Å²) in [6.45, 7) is -0.375. The molecule has 1 aromatic heterocycles. The van der Waals surface area contributed by atoms with E-state index in [4.69, 9.17) is 0 Å². The SMILES string of the molecule is O=C(c1cnn(-c2ccccc2)n1)N1CCC(O)(C(F)(F)F)CC1. The quantitative estimate of drug-likeness (QED) is 0.905. The van der Waals surface area contributed by atoms with Crippen LogP contribution in [-0.2, 0) is 0 Å². The molecule has 1 aliphatic rings. The number of amides is 1. The first-order valence-electron chi connectivity index (χ1n) is 7.36. The van der Waals surface area contributed by atoms with E-state index in [1.54, 1.807) is 24.3 Å². The number of aliphatic hydroxyl groups is 1. The van der Waals surface area contributed by atoms with Crippen molar-refractivity contribution in [3.63, 3.8) is 0 Å². The van der Waals surface area contributed by atoms with Crippen molar-refractivity contribution in [2.45, 2.75) is 24.6 Å². The first-order valence-corrected chi connectivity index (χ1v) is 7.36. The number of benzene rings is 1. The third-order valence-corrected chi connectivity index (χ3v) is 4.10. The third kappa shape index (κ3) is 2.99. The second-order valence-corrected chi connectivity index (χ2v) is 5.68. The van der Waals surface area contributed by atoms with Gasteiger partial charge in [0.15, 0.2) is 11.3 Å². The summed E-state index contributed by atoms with van der Waals surface area (Å²) in [7, 11) is 0. The van der Waals surface area contributed by atoms with Gasteiger partial charge in [0.25, 0.3) is 5.91 Å². The number of aromatic nitrogens is 3. The van der Waals surface area contributed by atoms with Gasteiger partial charge in [0.1, 0.15) is 0 Å². The molecule has 0 aliphatic carbocycles. The second-order valence-electron chi connectivity index (χ2n) is 5.68. The molecule has 0 atom stereocenters. The Morgan fingerprint density at radius 2 is 1.79 bits per heavy atom. The average molecular weight is 340 g/mol. The van der Waals surface area contributed by atoms with Crippen molar-refractivity contribution in [1.29, 1.82) is 0 Å². The summed E-state index contributed by atoms with van der Waals surface area (Å²) in [6.07, 6.45) is -4.51.